The second-order valence-electron chi connectivity index (χ2n) is 6.17. The first-order chi connectivity index (χ1) is 12.6. The highest BCUT2D eigenvalue weighted by atomic mass is 16.5. The number of carbonyl (C=O) groups is 1. The zero-order valence-electron chi connectivity index (χ0n) is 14.9. The monoisotopic (exact) mass is 357 g/mol. The molecular formula is C18H23N5O3. The lowest BCUT2D eigenvalue weighted by atomic mass is 10.2. The van der Waals surface area contributed by atoms with Crippen molar-refractivity contribution >= 4 is 23.2 Å². The summed E-state index contributed by atoms with van der Waals surface area (Å²) in [7, 11) is 3.12. The number of primary amides is 1. The van der Waals surface area contributed by atoms with Crippen LogP contribution < -0.4 is 25.8 Å². The minimum atomic E-state index is -0.648. The van der Waals surface area contributed by atoms with Crippen molar-refractivity contribution in [1.82, 2.24) is 9.97 Å². The molecule has 2 aromatic rings. The Bertz CT molecular complexity index is 792. The predicted octanol–water partition coefficient (Wildman–Crippen LogP) is 2.55. The summed E-state index contributed by atoms with van der Waals surface area (Å²) in [5.41, 5.74) is 6.17. The molecule has 138 valence electrons. The molecule has 0 radical (unpaired) electrons. The molecule has 8 heteroatoms. The van der Waals surface area contributed by atoms with Crippen molar-refractivity contribution in [2.75, 3.05) is 31.4 Å². The number of amides is 1. The highest BCUT2D eigenvalue weighted by molar-refractivity contribution is 5.96. The van der Waals surface area contributed by atoms with E-state index in [1.807, 2.05) is 0 Å². The number of nitrogens with one attached hydrogen (secondary N) is 2. The Balaban J connectivity index is 1.80. The van der Waals surface area contributed by atoms with E-state index in [9.17, 15) is 4.79 Å². The van der Waals surface area contributed by atoms with Gasteiger partial charge in [-0.2, -0.15) is 0 Å². The number of nitrogens with zero attached hydrogens (tertiary/aromatic N) is 2. The third-order valence-corrected chi connectivity index (χ3v) is 4.21. The molecule has 1 fully saturated rings. The molecule has 3 rings (SSSR count). The van der Waals surface area contributed by atoms with Gasteiger partial charge in [0.2, 0.25) is 0 Å². The Hall–Kier alpha value is -3.03. The molecule has 1 aromatic carbocycles. The second kappa shape index (κ2) is 7.90. The molecule has 1 saturated carbocycles. The maximum Gasteiger partial charge on any atom is 0.271 e. The quantitative estimate of drug-likeness (QED) is 0.632. The molecule has 1 heterocycles. The van der Waals surface area contributed by atoms with Crippen molar-refractivity contribution in [2.45, 2.75) is 19.3 Å². The first-order valence-corrected chi connectivity index (χ1v) is 8.50. The standard InChI is InChI=1S/C18H23N5O3/c1-25-13-6-5-12(9-14(13)26-2)22-18-16(17(19)24)21-10-15(23-18)20-8-7-11-3-4-11/h5-6,9-11H,3-4,7-8H2,1-2H3,(H2,19,24)(H2,20,22,23). The molecule has 0 spiro atoms. The van der Waals surface area contributed by atoms with Crippen molar-refractivity contribution in [3.63, 3.8) is 0 Å². The van der Waals surface area contributed by atoms with Crippen molar-refractivity contribution in [3.05, 3.63) is 30.1 Å². The van der Waals surface area contributed by atoms with Gasteiger partial charge in [-0.15, -0.1) is 0 Å². The number of ether oxygens (including phenoxy) is 2. The van der Waals surface area contributed by atoms with Crippen LogP contribution in [0, 0.1) is 5.92 Å². The van der Waals surface area contributed by atoms with Crippen LogP contribution in [0.3, 0.4) is 0 Å². The van der Waals surface area contributed by atoms with Crippen LogP contribution in [0.4, 0.5) is 17.3 Å². The van der Waals surface area contributed by atoms with Crippen LogP contribution in [0.1, 0.15) is 29.8 Å². The van der Waals surface area contributed by atoms with Gasteiger partial charge in [0.15, 0.2) is 23.0 Å². The van der Waals surface area contributed by atoms with Gasteiger partial charge in [-0.05, 0) is 24.5 Å². The Labute approximate surface area is 152 Å². The molecular weight excluding hydrogens is 334 g/mol. The number of rotatable bonds is 9. The van der Waals surface area contributed by atoms with E-state index in [4.69, 9.17) is 15.2 Å². The summed E-state index contributed by atoms with van der Waals surface area (Å²) in [5, 5.41) is 6.32. The first-order valence-electron chi connectivity index (χ1n) is 8.50. The number of hydrogen-bond donors (Lipinski definition) is 3. The lowest BCUT2D eigenvalue weighted by Crippen LogP contribution is -2.17. The van der Waals surface area contributed by atoms with Crippen LogP contribution in [0.25, 0.3) is 0 Å². The molecule has 1 aliphatic rings. The van der Waals surface area contributed by atoms with Crippen molar-refractivity contribution < 1.29 is 14.3 Å². The number of anilines is 3. The highest BCUT2D eigenvalue weighted by Gasteiger charge is 2.20. The van der Waals surface area contributed by atoms with Gasteiger partial charge in [0, 0.05) is 18.3 Å². The van der Waals surface area contributed by atoms with Crippen LogP contribution in [-0.2, 0) is 0 Å². The summed E-state index contributed by atoms with van der Waals surface area (Å²) in [4.78, 5) is 20.3. The van der Waals surface area contributed by atoms with Crippen LogP contribution in [0.15, 0.2) is 24.4 Å². The summed E-state index contributed by atoms with van der Waals surface area (Å²) >= 11 is 0. The molecule has 1 aromatic heterocycles. The van der Waals surface area contributed by atoms with Gasteiger partial charge in [0.1, 0.15) is 5.82 Å². The van der Waals surface area contributed by atoms with E-state index in [0.717, 1.165) is 18.9 Å². The second-order valence-corrected chi connectivity index (χ2v) is 6.17. The topological polar surface area (TPSA) is 111 Å². The summed E-state index contributed by atoms with van der Waals surface area (Å²) in [5.74, 6) is 2.23. The minimum absolute atomic E-state index is 0.0764. The van der Waals surface area contributed by atoms with Gasteiger partial charge in [0.05, 0.1) is 20.4 Å². The number of aromatic nitrogens is 2. The molecule has 0 aliphatic heterocycles. The molecule has 4 N–H and O–H groups in total. The predicted molar refractivity (Wildman–Crippen MR) is 99.2 cm³/mol. The maximum atomic E-state index is 11.7. The van der Waals surface area contributed by atoms with Gasteiger partial charge >= 0.3 is 0 Å². The zero-order valence-corrected chi connectivity index (χ0v) is 14.9. The van der Waals surface area contributed by atoms with E-state index in [1.165, 1.54) is 19.0 Å². The fourth-order valence-corrected chi connectivity index (χ4v) is 2.60. The largest absolute Gasteiger partial charge is 0.493 e. The first kappa shape index (κ1) is 17.8. The molecule has 0 bridgehead atoms. The molecule has 1 aliphatic carbocycles. The molecule has 0 atom stereocenters. The molecule has 26 heavy (non-hydrogen) atoms. The van der Waals surface area contributed by atoms with Gasteiger partial charge in [0.25, 0.3) is 5.91 Å². The van der Waals surface area contributed by atoms with Crippen LogP contribution >= 0.6 is 0 Å². The van der Waals surface area contributed by atoms with Gasteiger partial charge in [-0.1, -0.05) is 12.8 Å². The number of benzene rings is 1. The van der Waals surface area contributed by atoms with E-state index in [2.05, 4.69) is 20.6 Å². The third kappa shape index (κ3) is 4.33. The number of methoxy groups -OCH3 is 2. The average molecular weight is 357 g/mol. The fraction of sp³-hybridized carbons (Fsp3) is 0.389. The Morgan fingerprint density at radius 1 is 1.27 bits per heavy atom. The summed E-state index contributed by atoms with van der Waals surface area (Å²) in [6.07, 6.45) is 5.24. The third-order valence-electron chi connectivity index (χ3n) is 4.21. The van der Waals surface area contributed by atoms with E-state index in [0.29, 0.717) is 28.8 Å². The highest BCUT2D eigenvalue weighted by Crippen LogP contribution is 2.32. The Morgan fingerprint density at radius 3 is 2.69 bits per heavy atom. The summed E-state index contributed by atoms with van der Waals surface area (Å²) in [6, 6.07) is 5.30. The van der Waals surface area contributed by atoms with Crippen LogP contribution in [0.5, 0.6) is 11.5 Å². The summed E-state index contributed by atoms with van der Waals surface area (Å²) in [6.45, 7) is 0.824. The lowest BCUT2D eigenvalue weighted by molar-refractivity contribution is 0.0996. The van der Waals surface area contributed by atoms with Crippen LogP contribution in [0.2, 0.25) is 0 Å². The smallest absolute Gasteiger partial charge is 0.271 e. The number of hydrogen-bond acceptors (Lipinski definition) is 7. The molecule has 0 saturated heterocycles. The van der Waals surface area contributed by atoms with Crippen molar-refractivity contribution in [3.8, 4) is 11.5 Å². The van der Waals surface area contributed by atoms with Gasteiger partial charge < -0.3 is 25.8 Å². The summed E-state index contributed by atoms with van der Waals surface area (Å²) < 4.78 is 10.5. The Kier molecular flexibility index (Phi) is 5.40. The van der Waals surface area contributed by atoms with E-state index in [1.54, 1.807) is 32.4 Å². The average Bonchev–Trinajstić information content (AvgIpc) is 3.46. The minimum Gasteiger partial charge on any atom is -0.493 e. The maximum absolute atomic E-state index is 11.7. The van der Waals surface area contributed by atoms with Gasteiger partial charge in [-0.25, -0.2) is 9.97 Å². The lowest BCUT2D eigenvalue weighted by Gasteiger charge is -2.13. The van der Waals surface area contributed by atoms with E-state index in [-0.39, 0.29) is 5.69 Å². The van der Waals surface area contributed by atoms with E-state index < -0.39 is 5.91 Å². The molecule has 1 amide bonds. The SMILES string of the molecule is COc1ccc(Nc2nc(NCCC3CC3)cnc2C(N)=O)cc1OC. The van der Waals surface area contributed by atoms with E-state index >= 15 is 0 Å². The number of carbonyl (C=O) groups excluding carboxylic acids is 1. The number of nitrogens with two attached hydrogens (primary N) is 1. The van der Waals surface area contributed by atoms with Crippen molar-refractivity contribution in [1.29, 1.82) is 0 Å². The zero-order chi connectivity index (χ0) is 18.5. The van der Waals surface area contributed by atoms with Gasteiger partial charge in [-0.3, -0.25) is 4.79 Å². The molecule has 8 nitrogen and oxygen atoms in total. The molecule has 0 unspecified atom stereocenters. The normalized spacial score (nSPS) is 13.2. The van der Waals surface area contributed by atoms with Crippen molar-refractivity contribution in [2.24, 2.45) is 11.7 Å². The van der Waals surface area contributed by atoms with Crippen LogP contribution in [-0.4, -0.2) is 36.6 Å². The fourth-order valence-electron chi connectivity index (χ4n) is 2.60. The Morgan fingerprint density at radius 2 is 2.04 bits per heavy atom.